The highest BCUT2D eigenvalue weighted by Gasteiger charge is 2.33. The summed E-state index contributed by atoms with van der Waals surface area (Å²) >= 11 is 6.04. The Balaban J connectivity index is 1.50. The van der Waals surface area contributed by atoms with Crippen molar-refractivity contribution in [2.75, 3.05) is 42.9 Å². The van der Waals surface area contributed by atoms with Gasteiger partial charge in [-0.3, -0.25) is 9.69 Å². The predicted molar refractivity (Wildman–Crippen MR) is 95.9 cm³/mol. The Morgan fingerprint density at radius 2 is 1.89 bits per heavy atom. The molecule has 2 heterocycles. The molecule has 1 aromatic carbocycles. The largest absolute Gasteiger partial charge is 0.419 e. The number of quaternary nitrogens is 1. The van der Waals surface area contributed by atoms with E-state index in [4.69, 9.17) is 11.6 Å². The van der Waals surface area contributed by atoms with E-state index in [9.17, 15) is 18.0 Å². The van der Waals surface area contributed by atoms with Crippen molar-refractivity contribution in [2.24, 2.45) is 0 Å². The first-order valence-electron chi connectivity index (χ1n) is 8.55. The van der Waals surface area contributed by atoms with Gasteiger partial charge in [-0.1, -0.05) is 23.7 Å². The lowest BCUT2D eigenvalue weighted by Gasteiger charge is -2.28. The highest BCUT2D eigenvalue weighted by atomic mass is 35.5. The number of hydrogen-bond donors (Lipinski definition) is 2. The Bertz CT molecular complexity index is 790. The van der Waals surface area contributed by atoms with Crippen LogP contribution < -0.4 is 20.1 Å². The number of anilines is 2. The Morgan fingerprint density at radius 3 is 2.48 bits per heavy atom. The van der Waals surface area contributed by atoms with Gasteiger partial charge in [0.2, 0.25) is 0 Å². The monoisotopic (exact) mass is 400 g/mol. The average molecular weight is 401 g/mol. The highest BCUT2D eigenvalue weighted by molar-refractivity contribution is 6.33. The number of para-hydroxylation sites is 1. The van der Waals surface area contributed by atoms with E-state index in [1.807, 2.05) is 4.90 Å². The van der Waals surface area contributed by atoms with E-state index in [0.29, 0.717) is 49.3 Å². The molecule has 0 radical (unpaired) electrons. The first-order valence-corrected chi connectivity index (χ1v) is 8.92. The Labute approximate surface area is 159 Å². The summed E-state index contributed by atoms with van der Waals surface area (Å²) in [6, 6.07) is 9.56. The van der Waals surface area contributed by atoms with Crippen LogP contribution in [0.15, 0.2) is 42.6 Å². The predicted octanol–water partition coefficient (Wildman–Crippen LogP) is 1.52. The normalized spacial score (nSPS) is 15.6. The molecule has 1 amide bonds. The molecule has 9 heteroatoms. The topological polar surface area (TPSA) is 50.9 Å². The third kappa shape index (κ3) is 5.11. The van der Waals surface area contributed by atoms with E-state index < -0.39 is 11.7 Å². The van der Waals surface area contributed by atoms with E-state index in [1.165, 1.54) is 6.07 Å². The second-order valence-corrected chi connectivity index (χ2v) is 6.81. The molecule has 1 aromatic heterocycles. The zero-order chi connectivity index (χ0) is 19.4. The van der Waals surface area contributed by atoms with E-state index in [2.05, 4.69) is 10.3 Å². The lowest BCUT2D eigenvalue weighted by atomic mass is 10.2. The Kier molecular flexibility index (Phi) is 5.86. The van der Waals surface area contributed by atoms with Crippen LogP contribution in [0.5, 0.6) is 0 Å². The lowest BCUT2D eigenvalue weighted by Crippen LogP contribution is -3.15. The molecule has 1 aliphatic heterocycles. The van der Waals surface area contributed by atoms with Gasteiger partial charge in [-0.25, -0.2) is 4.98 Å². The van der Waals surface area contributed by atoms with Crippen molar-refractivity contribution in [3.8, 4) is 0 Å². The number of rotatable bonds is 4. The van der Waals surface area contributed by atoms with Gasteiger partial charge in [0, 0.05) is 6.07 Å². The van der Waals surface area contributed by atoms with Gasteiger partial charge in [-0.2, -0.15) is 13.2 Å². The van der Waals surface area contributed by atoms with Crippen molar-refractivity contribution in [3.05, 3.63) is 53.2 Å². The molecule has 1 fully saturated rings. The molecule has 0 saturated carbocycles. The molecule has 3 N–H and O–H groups in total. The van der Waals surface area contributed by atoms with Crippen LogP contribution in [-0.4, -0.2) is 38.6 Å². The lowest BCUT2D eigenvalue weighted by molar-refractivity contribution is -0.892. The van der Waals surface area contributed by atoms with Gasteiger partial charge in [0.05, 0.1) is 16.3 Å². The molecule has 3 rings (SSSR count). The molecule has 0 atom stereocenters. The SMILES string of the molecule is O=C(C[NH+]1CCN(c2ccc(C(F)(F)F)c[nH+]2)CC1)Nc1ccccc1Cl. The Morgan fingerprint density at radius 1 is 1.19 bits per heavy atom. The molecule has 2 aromatic rings. The maximum Gasteiger partial charge on any atom is 0.419 e. The second kappa shape index (κ2) is 8.14. The van der Waals surface area contributed by atoms with Gasteiger partial charge in [0.25, 0.3) is 11.7 Å². The van der Waals surface area contributed by atoms with Crippen LogP contribution >= 0.6 is 11.6 Å². The summed E-state index contributed by atoms with van der Waals surface area (Å²) < 4.78 is 37.9. The van der Waals surface area contributed by atoms with Crippen molar-refractivity contribution >= 4 is 29.0 Å². The summed E-state index contributed by atoms with van der Waals surface area (Å²) in [6.07, 6.45) is -3.38. The van der Waals surface area contributed by atoms with Gasteiger partial charge in [-0.15, -0.1) is 0 Å². The fourth-order valence-electron chi connectivity index (χ4n) is 3.01. The first-order chi connectivity index (χ1) is 12.8. The number of alkyl halides is 3. The van der Waals surface area contributed by atoms with E-state index in [0.717, 1.165) is 17.2 Å². The minimum atomic E-state index is -4.35. The molecule has 0 spiro atoms. The van der Waals surface area contributed by atoms with Gasteiger partial charge in [-0.05, 0) is 18.2 Å². The molecule has 144 valence electrons. The number of carbonyl (C=O) groups excluding carboxylic acids is 1. The van der Waals surface area contributed by atoms with Crippen LogP contribution in [0.1, 0.15) is 5.56 Å². The molecule has 1 aliphatic rings. The number of nitrogens with zero attached hydrogens (tertiary/aromatic N) is 1. The number of amides is 1. The van der Waals surface area contributed by atoms with E-state index in [-0.39, 0.29) is 5.91 Å². The van der Waals surface area contributed by atoms with Crippen molar-refractivity contribution in [1.82, 2.24) is 0 Å². The summed E-state index contributed by atoms with van der Waals surface area (Å²) in [5.41, 5.74) is -0.117. The summed E-state index contributed by atoms with van der Waals surface area (Å²) in [6.45, 7) is 3.04. The standard InChI is InChI=1S/C18H18ClF3N4O/c19-14-3-1-2-4-15(14)24-17(27)12-25-7-9-26(10-8-25)16-6-5-13(11-23-16)18(20,21)22/h1-6,11H,7-10,12H2,(H,24,27)/p+2. The van der Waals surface area contributed by atoms with E-state index in [1.54, 1.807) is 24.3 Å². The van der Waals surface area contributed by atoms with Crippen LogP contribution in [0.4, 0.5) is 24.7 Å². The number of pyridine rings is 1. The van der Waals surface area contributed by atoms with Crippen LogP contribution in [0.3, 0.4) is 0 Å². The quantitative estimate of drug-likeness (QED) is 0.817. The molecule has 1 saturated heterocycles. The summed E-state index contributed by atoms with van der Waals surface area (Å²) in [5, 5.41) is 3.29. The first kappa shape index (κ1) is 19.4. The van der Waals surface area contributed by atoms with Gasteiger partial charge >= 0.3 is 6.18 Å². The van der Waals surface area contributed by atoms with Gasteiger partial charge in [0.1, 0.15) is 32.4 Å². The van der Waals surface area contributed by atoms with Crippen LogP contribution in [0.2, 0.25) is 5.02 Å². The third-order valence-corrected chi connectivity index (χ3v) is 4.82. The van der Waals surface area contributed by atoms with Crippen molar-refractivity contribution in [3.63, 3.8) is 0 Å². The maximum absolute atomic E-state index is 12.6. The maximum atomic E-state index is 12.6. The third-order valence-electron chi connectivity index (χ3n) is 4.49. The van der Waals surface area contributed by atoms with Crippen LogP contribution in [0.25, 0.3) is 0 Å². The summed E-state index contributed by atoms with van der Waals surface area (Å²) in [7, 11) is 0. The fourth-order valence-corrected chi connectivity index (χ4v) is 3.20. The second-order valence-electron chi connectivity index (χ2n) is 6.40. The minimum Gasteiger partial charge on any atom is -0.321 e. The van der Waals surface area contributed by atoms with Crippen molar-refractivity contribution in [1.29, 1.82) is 0 Å². The molecular weight excluding hydrogens is 381 g/mol. The smallest absolute Gasteiger partial charge is 0.321 e. The van der Waals surface area contributed by atoms with Gasteiger partial charge in [0.15, 0.2) is 6.54 Å². The molecule has 27 heavy (non-hydrogen) atoms. The number of benzene rings is 1. The molecule has 0 unspecified atom stereocenters. The number of carbonyl (C=O) groups is 1. The number of aromatic nitrogens is 1. The van der Waals surface area contributed by atoms with E-state index >= 15 is 0 Å². The number of halogens is 4. The Hall–Kier alpha value is -2.32. The van der Waals surface area contributed by atoms with Crippen molar-refractivity contribution in [2.45, 2.75) is 6.18 Å². The summed E-state index contributed by atoms with van der Waals surface area (Å²) in [5.74, 6) is 0.523. The number of aromatic amines is 1. The van der Waals surface area contributed by atoms with Crippen LogP contribution in [-0.2, 0) is 11.0 Å². The molecular formula is C18H20ClF3N4O+2. The highest BCUT2D eigenvalue weighted by Crippen LogP contribution is 2.28. The molecule has 0 bridgehead atoms. The summed E-state index contributed by atoms with van der Waals surface area (Å²) in [4.78, 5) is 18.0. The zero-order valence-corrected chi connectivity index (χ0v) is 15.2. The fraction of sp³-hybridized carbons (Fsp3) is 0.333. The van der Waals surface area contributed by atoms with Crippen LogP contribution in [0, 0.1) is 0 Å². The van der Waals surface area contributed by atoms with Crippen molar-refractivity contribution < 1.29 is 27.8 Å². The minimum absolute atomic E-state index is 0.118. The number of nitrogens with one attached hydrogen (secondary N) is 3. The number of piperazine rings is 1. The number of H-pyrrole nitrogens is 1. The zero-order valence-electron chi connectivity index (χ0n) is 14.4. The van der Waals surface area contributed by atoms with Gasteiger partial charge < -0.3 is 10.2 Å². The molecule has 0 aliphatic carbocycles. The average Bonchev–Trinajstić information content (AvgIpc) is 2.64. The molecule has 5 nitrogen and oxygen atoms in total. The number of hydrogen-bond acceptors (Lipinski definition) is 2.